The van der Waals surface area contributed by atoms with Crippen LogP contribution in [0.15, 0.2) is 18.2 Å². The summed E-state index contributed by atoms with van der Waals surface area (Å²) in [4.78, 5) is 12.2. The van der Waals surface area contributed by atoms with Crippen molar-refractivity contribution in [3.8, 4) is 11.8 Å². The molecule has 0 bridgehead atoms. The molecule has 5 nitrogen and oxygen atoms in total. The largest absolute Gasteiger partial charge is 0.495 e. The van der Waals surface area contributed by atoms with E-state index in [2.05, 4.69) is 0 Å². The molecular formula is C13H13NO4S. The molecule has 19 heavy (non-hydrogen) atoms. The van der Waals surface area contributed by atoms with Crippen molar-refractivity contribution in [2.75, 3.05) is 18.6 Å². The van der Waals surface area contributed by atoms with Gasteiger partial charge in [-0.1, -0.05) is 0 Å². The fourth-order valence-electron chi connectivity index (χ4n) is 2.19. The van der Waals surface area contributed by atoms with Crippen molar-refractivity contribution in [2.24, 2.45) is 5.92 Å². The molecule has 1 aliphatic heterocycles. The van der Waals surface area contributed by atoms with Gasteiger partial charge in [0.25, 0.3) is 0 Å². The van der Waals surface area contributed by atoms with Gasteiger partial charge in [0.2, 0.25) is 0 Å². The average molecular weight is 279 g/mol. The van der Waals surface area contributed by atoms with Crippen LogP contribution in [-0.4, -0.2) is 32.8 Å². The molecule has 0 saturated carbocycles. The zero-order chi connectivity index (χ0) is 14.0. The maximum absolute atomic E-state index is 12.2. The van der Waals surface area contributed by atoms with E-state index in [1.165, 1.54) is 13.2 Å². The summed E-state index contributed by atoms with van der Waals surface area (Å²) in [5, 5.41) is 8.97. The van der Waals surface area contributed by atoms with Crippen molar-refractivity contribution in [2.45, 2.75) is 6.42 Å². The Morgan fingerprint density at radius 3 is 2.74 bits per heavy atom. The van der Waals surface area contributed by atoms with Gasteiger partial charge in [0.1, 0.15) is 11.8 Å². The lowest BCUT2D eigenvalue weighted by molar-refractivity contribution is 0.0933. The number of hydrogen-bond donors (Lipinski definition) is 0. The van der Waals surface area contributed by atoms with Crippen molar-refractivity contribution < 1.29 is 17.9 Å². The molecule has 0 N–H and O–H groups in total. The molecule has 2 rings (SSSR count). The number of ether oxygens (including phenoxy) is 1. The number of carbonyl (C=O) groups is 1. The van der Waals surface area contributed by atoms with E-state index in [1.807, 2.05) is 6.07 Å². The maximum Gasteiger partial charge on any atom is 0.167 e. The normalized spacial score (nSPS) is 20.7. The third-order valence-corrected chi connectivity index (χ3v) is 4.98. The summed E-state index contributed by atoms with van der Waals surface area (Å²) in [5.41, 5.74) is 0.633. The molecule has 1 saturated heterocycles. The van der Waals surface area contributed by atoms with E-state index < -0.39 is 15.8 Å². The standard InChI is InChI=1S/C13H13NO4S/c1-18-12-3-2-9(6-11(12)7-14)13(15)10-4-5-19(16,17)8-10/h2-3,6,10H,4-5,8H2,1H3. The molecule has 0 aliphatic carbocycles. The topological polar surface area (TPSA) is 84.2 Å². The fraction of sp³-hybridized carbons (Fsp3) is 0.385. The number of carbonyl (C=O) groups excluding carboxylic acids is 1. The lowest BCUT2D eigenvalue weighted by atomic mass is 9.96. The van der Waals surface area contributed by atoms with Crippen LogP contribution in [-0.2, 0) is 9.84 Å². The van der Waals surface area contributed by atoms with Crippen LogP contribution < -0.4 is 4.74 Å². The first-order valence-corrected chi connectivity index (χ1v) is 7.62. The number of ketones is 1. The Morgan fingerprint density at radius 1 is 1.47 bits per heavy atom. The summed E-state index contributed by atoms with van der Waals surface area (Å²) in [5.74, 6) is -0.354. The Labute approximate surface area is 111 Å². The van der Waals surface area contributed by atoms with Crippen LogP contribution in [0, 0.1) is 17.2 Å². The summed E-state index contributed by atoms with van der Waals surface area (Å²) in [6, 6.07) is 6.52. The van der Waals surface area contributed by atoms with Gasteiger partial charge in [0, 0.05) is 11.5 Å². The minimum atomic E-state index is -3.09. The predicted octanol–water partition coefficient (Wildman–Crippen LogP) is 1.18. The van der Waals surface area contributed by atoms with Gasteiger partial charge < -0.3 is 4.74 Å². The van der Waals surface area contributed by atoms with Gasteiger partial charge in [-0.05, 0) is 24.6 Å². The van der Waals surface area contributed by atoms with E-state index in [0.717, 1.165) is 0 Å². The molecular weight excluding hydrogens is 266 g/mol. The third-order valence-electron chi connectivity index (χ3n) is 3.21. The molecule has 6 heteroatoms. The van der Waals surface area contributed by atoms with Crippen molar-refractivity contribution in [3.63, 3.8) is 0 Å². The number of benzene rings is 1. The van der Waals surface area contributed by atoms with Gasteiger partial charge >= 0.3 is 0 Å². The summed E-state index contributed by atoms with van der Waals surface area (Å²) in [7, 11) is -1.64. The zero-order valence-corrected chi connectivity index (χ0v) is 11.2. The first-order valence-electron chi connectivity index (χ1n) is 5.79. The van der Waals surface area contributed by atoms with Gasteiger partial charge in [-0.15, -0.1) is 0 Å². The fourth-order valence-corrected chi connectivity index (χ4v) is 3.93. The van der Waals surface area contributed by atoms with E-state index in [1.54, 1.807) is 12.1 Å². The van der Waals surface area contributed by atoms with Gasteiger partial charge in [0.05, 0.1) is 24.2 Å². The second kappa shape index (κ2) is 5.02. The molecule has 0 spiro atoms. The average Bonchev–Trinajstić information content (AvgIpc) is 2.77. The highest BCUT2D eigenvalue weighted by Crippen LogP contribution is 2.25. The highest BCUT2D eigenvalue weighted by Gasteiger charge is 2.33. The Balaban J connectivity index is 2.28. The number of Topliss-reactive ketones (excluding diaryl/α,β-unsaturated/α-hetero) is 1. The second-order valence-electron chi connectivity index (χ2n) is 4.49. The van der Waals surface area contributed by atoms with Crippen LogP contribution >= 0.6 is 0 Å². The molecule has 1 heterocycles. The Kier molecular flexibility index (Phi) is 3.58. The summed E-state index contributed by atoms with van der Waals surface area (Å²) in [6.45, 7) is 0. The van der Waals surface area contributed by atoms with Gasteiger partial charge in [0.15, 0.2) is 15.6 Å². The van der Waals surface area contributed by atoms with Crippen LogP contribution in [0.2, 0.25) is 0 Å². The number of rotatable bonds is 3. The van der Waals surface area contributed by atoms with Crippen LogP contribution in [0.4, 0.5) is 0 Å². The molecule has 1 unspecified atom stereocenters. The summed E-state index contributed by atoms with van der Waals surface area (Å²) >= 11 is 0. The first kappa shape index (κ1) is 13.6. The number of methoxy groups -OCH3 is 1. The van der Waals surface area contributed by atoms with E-state index in [4.69, 9.17) is 10.00 Å². The van der Waals surface area contributed by atoms with E-state index in [-0.39, 0.29) is 22.9 Å². The predicted molar refractivity (Wildman–Crippen MR) is 68.8 cm³/mol. The van der Waals surface area contributed by atoms with Crippen molar-refractivity contribution in [1.29, 1.82) is 5.26 Å². The van der Waals surface area contributed by atoms with Crippen molar-refractivity contribution in [1.82, 2.24) is 0 Å². The smallest absolute Gasteiger partial charge is 0.167 e. The molecule has 1 atom stereocenters. The molecule has 1 aromatic rings. The minimum absolute atomic E-state index is 0.0602. The lowest BCUT2D eigenvalue weighted by Gasteiger charge is -2.08. The van der Waals surface area contributed by atoms with Crippen molar-refractivity contribution in [3.05, 3.63) is 29.3 Å². The van der Waals surface area contributed by atoms with Gasteiger partial charge in [-0.3, -0.25) is 4.79 Å². The van der Waals surface area contributed by atoms with E-state index >= 15 is 0 Å². The summed E-state index contributed by atoms with van der Waals surface area (Å²) < 4.78 is 27.8. The van der Waals surface area contributed by atoms with Crippen LogP contribution in [0.25, 0.3) is 0 Å². The third kappa shape index (κ3) is 2.76. The van der Waals surface area contributed by atoms with Crippen LogP contribution in [0.1, 0.15) is 22.3 Å². The maximum atomic E-state index is 12.2. The van der Waals surface area contributed by atoms with Crippen LogP contribution in [0.3, 0.4) is 0 Å². The van der Waals surface area contributed by atoms with Gasteiger partial charge in [-0.2, -0.15) is 5.26 Å². The molecule has 1 fully saturated rings. The molecule has 0 amide bonds. The Morgan fingerprint density at radius 2 is 2.21 bits per heavy atom. The lowest BCUT2D eigenvalue weighted by Crippen LogP contribution is -2.16. The monoisotopic (exact) mass is 279 g/mol. The van der Waals surface area contributed by atoms with Crippen molar-refractivity contribution >= 4 is 15.6 Å². The molecule has 100 valence electrons. The van der Waals surface area contributed by atoms with Crippen LogP contribution in [0.5, 0.6) is 5.75 Å². The van der Waals surface area contributed by atoms with Gasteiger partial charge in [-0.25, -0.2) is 8.42 Å². The Bertz CT molecular complexity index is 658. The number of sulfone groups is 1. The molecule has 0 radical (unpaired) electrons. The molecule has 1 aliphatic rings. The summed E-state index contributed by atoms with van der Waals surface area (Å²) in [6.07, 6.45) is 0.356. The SMILES string of the molecule is COc1ccc(C(=O)C2CCS(=O)(=O)C2)cc1C#N. The highest BCUT2D eigenvalue weighted by molar-refractivity contribution is 7.91. The van der Waals surface area contributed by atoms with E-state index in [9.17, 15) is 13.2 Å². The second-order valence-corrected chi connectivity index (χ2v) is 6.72. The number of hydrogen-bond acceptors (Lipinski definition) is 5. The Hall–Kier alpha value is -1.87. The number of nitriles is 1. The molecule has 0 aromatic heterocycles. The first-order chi connectivity index (χ1) is 8.96. The quantitative estimate of drug-likeness (QED) is 0.776. The zero-order valence-electron chi connectivity index (χ0n) is 10.4. The number of nitrogens with zero attached hydrogens (tertiary/aromatic N) is 1. The highest BCUT2D eigenvalue weighted by atomic mass is 32.2. The molecule has 1 aromatic carbocycles. The minimum Gasteiger partial charge on any atom is -0.495 e. The van der Waals surface area contributed by atoms with E-state index in [0.29, 0.717) is 17.7 Å².